The van der Waals surface area contributed by atoms with E-state index in [1.165, 1.54) is 23.7 Å². The number of sulfonamides is 1. The molecule has 24 heavy (non-hydrogen) atoms. The van der Waals surface area contributed by atoms with Gasteiger partial charge in [-0.05, 0) is 44.4 Å². The summed E-state index contributed by atoms with van der Waals surface area (Å²) < 4.78 is 25.3. The predicted octanol–water partition coefficient (Wildman–Crippen LogP) is 1.73. The van der Waals surface area contributed by atoms with Crippen LogP contribution in [0.1, 0.15) is 30.0 Å². The van der Waals surface area contributed by atoms with Crippen LogP contribution >= 0.6 is 0 Å². The van der Waals surface area contributed by atoms with Crippen molar-refractivity contribution in [3.63, 3.8) is 0 Å². The lowest BCUT2D eigenvalue weighted by molar-refractivity contribution is -0.129. The van der Waals surface area contributed by atoms with Gasteiger partial charge in [0.25, 0.3) is 0 Å². The Morgan fingerprint density at radius 1 is 1.29 bits per heavy atom. The topological polar surface area (TPSA) is 82.3 Å². The van der Waals surface area contributed by atoms with Crippen LogP contribution in [0.15, 0.2) is 24.3 Å². The molecule has 1 aromatic carbocycles. The number of nitrogens with zero attached hydrogens (tertiary/aromatic N) is 1. The Balaban J connectivity index is 1.71. The Bertz CT molecular complexity index is 849. The first-order chi connectivity index (χ1) is 11.4. The Labute approximate surface area is 142 Å². The summed E-state index contributed by atoms with van der Waals surface area (Å²) in [6.07, 6.45) is 1.71. The summed E-state index contributed by atoms with van der Waals surface area (Å²) in [5, 5.41) is 1.25. The molecule has 2 heterocycles. The van der Waals surface area contributed by atoms with Gasteiger partial charge in [0.2, 0.25) is 15.9 Å². The zero-order chi connectivity index (χ0) is 17.3. The number of amides is 1. The van der Waals surface area contributed by atoms with Crippen LogP contribution in [0.25, 0.3) is 10.9 Å². The molecule has 0 radical (unpaired) electrons. The van der Waals surface area contributed by atoms with Crippen LogP contribution in [0.2, 0.25) is 0 Å². The highest BCUT2D eigenvalue weighted by molar-refractivity contribution is 7.90. The number of benzene rings is 1. The van der Waals surface area contributed by atoms with Gasteiger partial charge in [-0.15, -0.1) is 0 Å². The molecule has 1 amide bonds. The molecule has 1 saturated heterocycles. The van der Waals surface area contributed by atoms with Gasteiger partial charge in [0.15, 0.2) is 0 Å². The number of fused-ring (bicyclic) bond motifs is 1. The summed E-state index contributed by atoms with van der Waals surface area (Å²) in [5.41, 5.74) is 3.66. The van der Waals surface area contributed by atoms with Crippen molar-refractivity contribution in [3.8, 4) is 0 Å². The number of carbonyl (C=O) groups excluding carboxylic acids is 1. The van der Waals surface area contributed by atoms with E-state index in [2.05, 4.69) is 28.8 Å². The second-order valence-electron chi connectivity index (χ2n) is 6.33. The molecule has 7 heteroatoms. The normalized spacial score (nSPS) is 16.7. The van der Waals surface area contributed by atoms with Crippen molar-refractivity contribution in [1.82, 2.24) is 14.6 Å². The van der Waals surface area contributed by atoms with Crippen LogP contribution in [-0.2, 0) is 14.8 Å². The van der Waals surface area contributed by atoms with Crippen molar-refractivity contribution in [2.75, 3.05) is 25.9 Å². The van der Waals surface area contributed by atoms with Crippen molar-refractivity contribution >= 4 is 26.8 Å². The highest BCUT2D eigenvalue weighted by Gasteiger charge is 2.28. The number of carbonyl (C=O) groups is 1. The number of aromatic amines is 1. The number of rotatable bonds is 4. The first kappa shape index (κ1) is 17.0. The van der Waals surface area contributed by atoms with Crippen molar-refractivity contribution < 1.29 is 13.2 Å². The van der Waals surface area contributed by atoms with Crippen LogP contribution in [0.4, 0.5) is 0 Å². The fraction of sp³-hybridized carbons (Fsp3) is 0.471. The van der Waals surface area contributed by atoms with Gasteiger partial charge < -0.3 is 9.88 Å². The SMILES string of the molecule is CNS(=O)(=O)CC(=O)N1CCC(c2c(C)[nH]c3ccccc23)CC1. The van der Waals surface area contributed by atoms with Gasteiger partial charge in [0, 0.05) is 29.7 Å². The van der Waals surface area contributed by atoms with Gasteiger partial charge >= 0.3 is 0 Å². The van der Waals surface area contributed by atoms with E-state index in [1.54, 1.807) is 4.90 Å². The molecule has 1 aromatic heterocycles. The molecule has 3 rings (SSSR count). The monoisotopic (exact) mass is 349 g/mol. The summed E-state index contributed by atoms with van der Waals surface area (Å²) in [7, 11) is -2.18. The van der Waals surface area contributed by atoms with Gasteiger partial charge in [0.1, 0.15) is 5.75 Å². The van der Waals surface area contributed by atoms with Crippen LogP contribution in [0, 0.1) is 6.92 Å². The fourth-order valence-corrected chi connectivity index (χ4v) is 4.22. The van der Waals surface area contributed by atoms with Gasteiger partial charge in [-0.2, -0.15) is 0 Å². The first-order valence-corrected chi connectivity index (χ1v) is 9.82. The first-order valence-electron chi connectivity index (χ1n) is 8.17. The molecule has 1 aliphatic heterocycles. The molecule has 0 bridgehead atoms. The van der Waals surface area contributed by atoms with Crippen LogP contribution < -0.4 is 4.72 Å². The van der Waals surface area contributed by atoms with Gasteiger partial charge in [-0.1, -0.05) is 18.2 Å². The van der Waals surface area contributed by atoms with E-state index in [9.17, 15) is 13.2 Å². The number of piperidine rings is 1. The molecule has 0 aliphatic carbocycles. The van der Waals surface area contributed by atoms with Crippen molar-refractivity contribution in [1.29, 1.82) is 0 Å². The molecule has 2 N–H and O–H groups in total. The third-order valence-electron chi connectivity index (χ3n) is 4.82. The number of para-hydroxylation sites is 1. The smallest absolute Gasteiger partial charge is 0.239 e. The number of nitrogens with one attached hydrogen (secondary N) is 2. The minimum absolute atomic E-state index is 0.321. The van der Waals surface area contributed by atoms with Crippen molar-refractivity contribution in [2.24, 2.45) is 0 Å². The lowest BCUT2D eigenvalue weighted by Crippen LogP contribution is -2.42. The Kier molecular flexibility index (Phi) is 4.64. The van der Waals surface area contributed by atoms with Gasteiger partial charge in [0.05, 0.1) is 0 Å². The summed E-state index contributed by atoms with van der Waals surface area (Å²) in [6, 6.07) is 8.27. The standard InChI is InChI=1S/C17H23N3O3S/c1-12-17(14-5-3-4-6-15(14)19-12)13-7-9-20(10-8-13)16(21)11-24(22,23)18-2/h3-6,13,18-19H,7-11H2,1-2H3. The van der Waals surface area contributed by atoms with Crippen LogP contribution in [0.5, 0.6) is 0 Å². The Morgan fingerprint density at radius 3 is 2.62 bits per heavy atom. The maximum atomic E-state index is 12.1. The third kappa shape index (κ3) is 3.32. The summed E-state index contributed by atoms with van der Waals surface area (Å²) in [6.45, 7) is 3.29. The van der Waals surface area contributed by atoms with Crippen LogP contribution in [0.3, 0.4) is 0 Å². The number of hydrogen-bond acceptors (Lipinski definition) is 3. The number of hydrogen-bond donors (Lipinski definition) is 2. The fourth-order valence-electron chi connectivity index (χ4n) is 3.57. The zero-order valence-corrected chi connectivity index (χ0v) is 14.8. The van der Waals surface area contributed by atoms with Crippen molar-refractivity contribution in [2.45, 2.75) is 25.7 Å². The minimum Gasteiger partial charge on any atom is -0.358 e. The van der Waals surface area contributed by atoms with E-state index in [0.717, 1.165) is 18.4 Å². The molecular formula is C17H23N3O3S. The largest absolute Gasteiger partial charge is 0.358 e. The van der Waals surface area contributed by atoms with E-state index in [-0.39, 0.29) is 5.91 Å². The molecule has 1 aliphatic rings. The summed E-state index contributed by atoms with van der Waals surface area (Å²) >= 11 is 0. The molecule has 1 fully saturated rings. The molecule has 6 nitrogen and oxygen atoms in total. The van der Waals surface area contributed by atoms with Gasteiger partial charge in [-0.25, -0.2) is 13.1 Å². The average molecular weight is 349 g/mol. The highest BCUT2D eigenvalue weighted by Crippen LogP contribution is 2.35. The highest BCUT2D eigenvalue weighted by atomic mass is 32.2. The van der Waals surface area contributed by atoms with E-state index < -0.39 is 15.8 Å². The number of H-pyrrole nitrogens is 1. The van der Waals surface area contributed by atoms with E-state index in [0.29, 0.717) is 19.0 Å². The summed E-state index contributed by atoms with van der Waals surface area (Å²) in [5.74, 6) is -0.398. The quantitative estimate of drug-likeness (QED) is 0.882. The minimum atomic E-state index is -3.51. The molecule has 0 unspecified atom stereocenters. The number of aryl methyl sites for hydroxylation is 1. The second kappa shape index (κ2) is 6.57. The second-order valence-corrected chi connectivity index (χ2v) is 8.25. The predicted molar refractivity (Wildman–Crippen MR) is 94.4 cm³/mol. The zero-order valence-electron chi connectivity index (χ0n) is 14.0. The molecule has 0 saturated carbocycles. The molecule has 0 spiro atoms. The van der Waals surface area contributed by atoms with Gasteiger partial charge in [-0.3, -0.25) is 4.79 Å². The number of likely N-dealkylation sites (tertiary alicyclic amines) is 1. The maximum Gasteiger partial charge on any atom is 0.239 e. The Hall–Kier alpha value is -1.86. The molecule has 0 atom stereocenters. The van der Waals surface area contributed by atoms with Crippen LogP contribution in [-0.4, -0.2) is 50.1 Å². The lowest BCUT2D eigenvalue weighted by Gasteiger charge is -2.32. The molecular weight excluding hydrogens is 326 g/mol. The van der Waals surface area contributed by atoms with E-state index >= 15 is 0 Å². The molecule has 130 valence electrons. The number of aromatic nitrogens is 1. The lowest BCUT2D eigenvalue weighted by atomic mass is 9.87. The third-order valence-corrected chi connectivity index (χ3v) is 6.07. The summed E-state index contributed by atoms with van der Waals surface area (Å²) in [4.78, 5) is 17.2. The molecule has 2 aromatic rings. The maximum absolute atomic E-state index is 12.1. The van der Waals surface area contributed by atoms with E-state index in [4.69, 9.17) is 0 Å². The Morgan fingerprint density at radius 2 is 1.96 bits per heavy atom. The average Bonchev–Trinajstić information content (AvgIpc) is 2.90. The van der Waals surface area contributed by atoms with E-state index in [1.807, 2.05) is 12.1 Å². The van der Waals surface area contributed by atoms with Crippen molar-refractivity contribution in [3.05, 3.63) is 35.5 Å².